The molecule has 0 amide bonds. The summed E-state index contributed by atoms with van der Waals surface area (Å²) >= 11 is 12.3. The molecule has 6 nitrogen and oxygen atoms in total. The van der Waals surface area contributed by atoms with Gasteiger partial charge in [0.2, 0.25) is 0 Å². The van der Waals surface area contributed by atoms with E-state index in [9.17, 15) is 14.4 Å². The molecule has 0 bridgehead atoms. The quantitative estimate of drug-likeness (QED) is 0.576. The van der Waals surface area contributed by atoms with Gasteiger partial charge in [-0.2, -0.15) is 5.26 Å². The summed E-state index contributed by atoms with van der Waals surface area (Å²) < 4.78 is 14.7. The molecule has 1 aromatic carbocycles. The molecule has 1 aliphatic rings. The molecular weight excluding hydrogens is 428 g/mol. The van der Waals surface area contributed by atoms with Crippen LogP contribution in [0, 0.1) is 17.1 Å². The lowest BCUT2D eigenvalue weighted by Gasteiger charge is -2.36. The summed E-state index contributed by atoms with van der Waals surface area (Å²) in [5.74, 6) is -0.360. The van der Waals surface area contributed by atoms with Crippen LogP contribution in [-0.2, 0) is 13.6 Å². The molecule has 0 radical (unpaired) electrons. The van der Waals surface area contributed by atoms with Gasteiger partial charge in [0.15, 0.2) is 0 Å². The van der Waals surface area contributed by atoms with Crippen LogP contribution in [0.25, 0.3) is 11.0 Å². The van der Waals surface area contributed by atoms with Crippen LogP contribution in [0.1, 0.15) is 11.1 Å². The Hall–Kier alpha value is -2.66. The van der Waals surface area contributed by atoms with Crippen LogP contribution in [0.15, 0.2) is 35.1 Å². The maximum atomic E-state index is 13.3. The zero-order valence-electron chi connectivity index (χ0n) is 16.2. The lowest BCUT2D eigenvalue weighted by atomic mass is 10.1. The molecule has 0 spiro atoms. The van der Waals surface area contributed by atoms with E-state index in [1.807, 2.05) is 4.90 Å². The number of anilines is 1. The molecule has 0 atom stereocenters. The molecule has 154 valence electrons. The SMILES string of the molecule is Cn1c(=O)c(C#N)c(N2CCN(Cc3ccc(F)cc3Cl)CC2)c2nc(Cl)ccc21. The third-order valence-corrected chi connectivity index (χ3v) is 5.95. The molecule has 4 rings (SSSR count). The van der Waals surface area contributed by atoms with Crippen molar-refractivity contribution in [1.29, 1.82) is 5.26 Å². The van der Waals surface area contributed by atoms with Crippen molar-refractivity contribution in [3.05, 3.63) is 67.8 Å². The van der Waals surface area contributed by atoms with Crippen molar-refractivity contribution >= 4 is 39.9 Å². The summed E-state index contributed by atoms with van der Waals surface area (Å²) in [4.78, 5) is 21.4. The van der Waals surface area contributed by atoms with E-state index in [0.29, 0.717) is 59.6 Å². The van der Waals surface area contributed by atoms with Gasteiger partial charge in [-0.3, -0.25) is 9.69 Å². The average Bonchev–Trinajstić information content (AvgIpc) is 2.73. The van der Waals surface area contributed by atoms with E-state index >= 15 is 0 Å². The van der Waals surface area contributed by atoms with Crippen molar-refractivity contribution in [1.82, 2.24) is 14.5 Å². The van der Waals surface area contributed by atoms with Crippen molar-refractivity contribution in [2.24, 2.45) is 7.05 Å². The van der Waals surface area contributed by atoms with Gasteiger partial charge in [0.25, 0.3) is 5.56 Å². The molecule has 0 unspecified atom stereocenters. The first-order chi connectivity index (χ1) is 14.4. The smallest absolute Gasteiger partial charge is 0.270 e. The second kappa shape index (κ2) is 8.23. The minimum atomic E-state index is -0.360. The molecule has 1 saturated heterocycles. The van der Waals surface area contributed by atoms with Crippen molar-refractivity contribution in [2.75, 3.05) is 31.1 Å². The Morgan fingerprint density at radius 3 is 2.57 bits per heavy atom. The number of hydrogen-bond acceptors (Lipinski definition) is 5. The summed E-state index contributed by atoms with van der Waals surface area (Å²) in [6, 6.07) is 9.83. The number of aromatic nitrogens is 2. The van der Waals surface area contributed by atoms with Gasteiger partial charge in [-0.05, 0) is 29.8 Å². The minimum absolute atomic E-state index is 0.0646. The molecule has 0 aliphatic carbocycles. The van der Waals surface area contributed by atoms with Crippen LogP contribution in [0.3, 0.4) is 0 Å². The fraction of sp³-hybridized carbons (Fsp3) is 0.286. The van der Waals surface area contributed by atoms with Gasteiger partial charge in [0.1, 0.15) is 28.1 Å². The normalized spacial score (nSPS) is 14.8. The Morgan fingerprint density at radius 1 is 1.17 bits per heavy atom. The summed E-state index contributed by atoms with van der Waals surface area (Å²) in [5.41, 5.74) is 2.25. The number of nitrogens with zero attached hydrogens (tertiary/aromatic N) is 5. The van der Waals surface area contributed by atoms with E-state index in [2.05, 4.69) is 16.0 Å². The molecule has 3 heterocycles. The second-order valence-corrected chi connectivity index (χ2v) is 7.99. The van der Waals surface area contributed by atoms with Crippen molar-refractivity contribution in [3.63, 3.8) is 0 Å². The van der Waals surface area contributed by atoms with Crippen LogP contribution >= 0.6 is 23.2 Å². The predicted molar refractivity (Wildman–Crippen MR) is 116 cm³/mol. The lowest BCUT2D eigenvalue weighted by Crippen LogP contribution is -2.47. The molecule has 2 aromatic heterocycles. The molecule has 1 fully saturated rings. The molecule has 9 heteroatoms. The monoisotopic (exact) mass is 445 g/mol. The second-order valence-electron chi connectivity index (χ2n) is 7.20. The van der Waals surface area contributed by atoms with Crippen molar-refractivity contribution in [3.8, 4) is 6.07 Å². The van der Waals surface area contributed by atoms with Crippen LogP contribution < -0.4 is 10.5 Å². The largest absolute Gasteiger partial charge is 0.366 e. The number of halogens is 3. The Balaban J connectivity index is 1.63. The summed E-state index contributed by atoms with van der Waals surface area (Å²) in [7, 11) is 1.62. The zero-order valence-corrected chi connectivity index (χ0v) is 17.7. The maximum absolute atomic E-state index is 13.3. The van der Waals surface area contributed by atoms with Crippen molar-refractivity contribution in [2.45, 2.75) is 6.54 Å². The Bertz CT molecular complexity index is 1230. The van der Waals surface area contributed by atoms with Crippen LogP contribution in [0.2, 0.25) is 10.2 Å². The third kappa shape index (κ3) is 3.74. The van der Waals surface area contributed by atoms with E-state index in [0.717, 1.165) is 5.56 Å². The Labute approximate surface area is 182 Å². The third-order valence-electron chi connectivity index (χ3n) is 5.39. The number of benzene rings is 1. The van der Waals surface area contributed by atoms with Gasteiger partial charge < -0.3 is 9.47 Å². The summed E-state index contributed by atoms with van der Waals surface area (Å²) in [5, 5.41) is 10.4. The van der Waals surface area contributed by atoms with Gasteiger partial charge in [-0.1, -0.05) is 29.3 Å². The topological polar surface area (TPSA) is 65.2 Å². The van der Waals surface area contributed by atoms with Gasteiger partial charge in [0, 0.05) is 44.8 Å². The first-order valence-electron chi connectivity index (χ1n) is 9.39. The first-order valence-corrected chi connectivity index (χ1v) is 10.1. The Kier molecular flexibility index (Phi) is 5.65. The van der Waals surface area contributed by atoms with E-state index in [1.54, 1.807) is 25.2 Å². The number of rotatable bonds is 3. The summed E-state index contributed by atoms with van der Waals surface area (Å²) in [6.07, 6.45) is 0. The first kappa shape index (κ1) is 20.6. The average molecular weight is 446 g/mol. The van der Waals surface area contributed by atoms with Crippen LogP contribution in [0.4, 0.5) is 10.1 Å². The molecular formula is C21H18Cl2FN5O. The highest BCUT2D eigenvalue weighted by Gasteiger charge is 2.25. The standard InChI is InChI=1S/C21H18Cl2FN5O/c1-27-17-4-5-18(23)26-19(17)20(15(11-25)21(27)30)29-8-6-28(7-9-29)12-13-2-3-14(24)10-16(13)22/h2-5,10H,6-9,12H2,1H3. The fourth-order valence-electron chi connectivity index (χ4n) is 3.80. The minimum Gasteiger partial charge on any atom is -0.366 e. The highest BCUT2D eigenvalue weighted by molar-refractivity contribution is 6.31. The number of pyridine rings is 2. The van der Waals surface area contributed by atoms with E-state index in [4.69, 9.17) is 23.2 Å². The predicted octanol–water partition coefficient (Wildman–Crippen LogP) is 3.57. The number of hydrogen-bond donors (Lipinski definition) is 0. The number of piperazine rings is 1. The molecule has 30 heavy (non-hydrogen) atoms. The van der Waals surface area contributed by atoms with Crippen LogP contribution in [-0.4, -0.2) is 40.6 Å². The molecule has 1 aliphatic heterocycles. The number of nitriles is 1. The van der Waals surface area contributed by atoms with E-state index < -0.39 is 0 Å². The molecule has 0 N–H and O–H groups in total. The lowest BCUT2D eigenvalue weighted by molar-refractivity contribution is 0.250. The Morgan fingerprint density at radius 2 is 1.90 bits per heavy atom. The summed E-state index contributed by atoms with van der Waals surface area (Å²) in [6.45, 7) is 3.18. The van der Waals surface area contributed by atoms with Gasteiger partial charge in [-0.15, -0.1) is 0 Å². The molecule has 0 saturated carbocycles. The number of aryl methyl sites for hydroxylation is 1. The van der Waals surface area contributed by atoms with Gasteiger partial charge >= 0.3 is 0 Å². The van der Waals surface area contributed by atoms with Gasteiger partial charge in [-0.25, -0.2) is 9.37 Å². The number of fused-ring (bicyclic) bond motifs is 1. The fourth-order valence-corrected chi connectivity index (χ4v) is 4.17. The maximum Gasteiger partial charge on any atom is 0.270 e. The highest BCUT2D eigenvalue weighted by atomic mass is 35.5. The molecule has 3 aromatic rings. The van der Waals surface area contributed by atoms with Gasteiger partial charge in [0.05, 0.1) is 11.2 Å². The van der Waals surface area contributed by atoms with E-state index in [1.165, 1.54) is 16.7 Å². The van der Waals surface area contributed by atoms with Crippen LogP contribution in [0.5, 0.6) is 0 Å². The van der Waals surface area contributed by atoms with Crippen molar-refractivity contribution < 1.29 is 4.39 Å². The van der Waals surface area contributed by atoms with E-state index in [-0.39, 0.29) is 16.9 Å². The highest BCUT2D eigenvalue weighted by Crippen LogP contribution is 2.29. The zero-order chi connectivity index (χ0) is 21.4.